The Kier molecular flexibility index (Phi) is 5.29. The van der Waals surface area contributed by atoms with Crippen LogP contribution in [-0.2, 0) is 0 Å². The fraction of sp³-hybridized carbons (Fsp3) is 0.467. The third kappa shape index (κ3) is 3.08. The van der Waals surface area contributed by atoms with E-state index in [1.807, 2.05) is 6.08 Å². The van der Waals surface area contributed by atoms with E-state index in [9.17, 15) is 5.11 Å². The van der Waals surface area contributed by atoms with Crippen LogP contribution in [0.2, 0.25) is 5.02 Å². The molecule has 20 heavy (non-hydrogen) atoms. The smallest absolute Gasteiger partial charge is 0.142 e. The molecule has 2 N–H and O–H groups in total. The van der Waals surface area contributed by atoms with E-state index in [1.165, 1.54) is 0 Å². The zero-order valence-corrected chi connectivity index (χ0v) is 12.5. The Morgan fingerprint density at radius 1 is 1.50 bits per heavy atom. The Morgan fingerprint density at radius 3 is 2.80 bits per heavy atom. The summed E-state index contributed by atoms with van der Waals surface area (Å²) in [5, 5.41) is 14.0. The summed E-state index contributed by atoms with van der Waals surface area (Å²) in [6.07, 6.45) is 2.61. The highest BCUT2D eigenvalue weighted by Crippen LogP contribution is 2.42. The summed E-state index contributed by atoms with van der Waals surface area (Å²) in [4.78, 5) is 2.33. The van der Waals surface area contributed by atoms with Crippen molar-refractivity contribution < 1.29 is 9.84 Å². The molecule has 1 aliphatic rings. The average Bonchev–Trinajstić information content (AvgIpc) is 2.49. The van der Waals surface area contributed by atoms with Crippen LogP contribution in [0.5, 0.6) is 11.5 Å². The van der Waals surface area contributed by atoms with Crippen molar-refractivity contribution in [3.63, 3.8) is 0 Å². The number of hydrogen-bond acceptors (Lipinski definition) is 4. The molecule has 1 heterocycles. The molecule has 5 heteroatoms. The van der Waals surface area contributed by atoms with Gasteiger partial charge in [-0.3, -0.25) is 4.90 Å². The van der Waals surface area contributed by atoms with Crippen LogP contribution in [0.15, 0.2) is 24.8 Å². The van der Waals surface area contributed by atoms with E-state index < -0.39 is 0 Å². The summed E-state index contributed by atoms with van der Waals surface area (Å²) >= 11 is 6.06. The maximum atomic E-state index is 10.3. The third-order valence-corrected chi connectivity index (χ3v) is 3.97. The predicted molar refractivity (Wildman–Crippen MR) is 81.7 cm³/mol. The van der Waals surface area contributed by atoms with Crippen LogP contribution < -0.4 is 10.1 Å². The number of nitrogens with zero attached hydrogens (tertiary/aromatic N) is 1. The molecule has 1 aliphatic heterocycles. The molecule has 1 saturated heterocycles. The number of hydrogen-bond donors (Lipinski definition) is 2. The van der Waals surface area contributed by atoms with E-state index in [2.05, 4.69) is 16.8 Å². The lowest BCUT2D eigenvalue weighted by Crippen LogP contribution is -2.45. The number of phenols is 1. The van der Waals surface area contributed by atoms with Crippen molar-refractivity contribution in [1.82, 2.24) is 10.2 Å². The van der Waals surface area contributed by atoms with Gasteiger partial charge in [0.15, 0.2) is 0 Å². The molecule has 0 unspecified atom stereocenters. The quantitative estimate of drug-likeness (QED) is 0.820. The highest BCUT2D eigenvalue weighted by molar-refractivity contribution is 6.32. The summed E-state index contributed by atoms with van der Waals surface area (Å²) in [6, 6.07) is 3.49. The number of piperazine rings is 1. The second-order valence-electron chi connectivity index (χ2n) is 4.84. The van der Waals surface area contributed by atoms with Gasteiger partial charge >= 0.3 is 0 Å². The van der Waals surface area contributed by atoms with Crippen LogP contribution in [0, 0.1) is 0 Å². The molecule has 0 bridgehead atoms. The molecule has 4 nitrogen and oxygen atoms in total. The molecule has 2 rings (SSSR count). The summed E-state index contributed by atoms with van der Waals surface area (Å²) in [7, 11) is 1.61. The van der Waals surface area contributed by atoms with Gasteiger partial charge in [-0.1, -0.05) is 17.7 Å². The Morgan fingerprint density at radius 2 is 2.20 bits per heavy atom. The minimum atomic E-state index is 0.0308. The summed E-state index contributed by atoms with van der Waals surface area (Å²) < 4.78 is 5.40. The van der Waals surface area contributed by atoms with Crippen LogP contribution in [-0.4, -0.2) is 43.3 Å². The van der Waals surface area contributed by atoms with Crippen LogP contribution in [0.4, 0.5) is 0 Å². The standard InChI is InChI=1S/C15H21ClN2O2/c1-3-4-12(18-9-7-17-8-10-18)14-13(20-2)6-5-11(16)15(14)19/h3,5-6,12,17,19H,1,4,7-10H2,2H3/t12-/m1/s1. The molecule has 1 fully saturated rings. The topological polar surface area (TPSA) is 44.7 Å². The minimum absolute atomic E-state index is 0.0308. The molecule has 1 aromatic rings. The highest BCUT2D eigenvalue weighted by Gasteiger charge is 2.27. The maximum Gasteiger partial charge on any atom is 0.142 e. The average molecular weight is 297 g/mol. The second kappa shape index (κ2) is 6.97. The number of methoxy groups -OCH3 is 1. The predicted octanol–water partition coefficient (Wildman–Crippen LogP) is 2.58. The highest BCUT2D eigenvalue weighted by atomic mass is 35.5. The normalized spacial score (nSPS) is 17.7. The SMILES string of the molecule is C=CC[C@H](c1c(OC)ccc(Cl)c1O)N1CCNCC1. The number of benzene rings is 1. The van der Waals surface area contributed by atoms with Crippen molar-refractivity contribution >= 4 is 11.6 Å². The van der Waals surface area contributed by atoms with E-state index in [0.717, 1.165) is 38.2 Å². The summed E-state index contributed by atoms with van der Waals surface area (Å²) in [6.45, 7) is 7.56. The van der Waals surface area contributed by atoms with Crippen LogP contribution in [0.1, 0.15) is 18.0 Å². The van der Waals surface area contributed by atoms with Crippen molar-refractivity contribution in [2.45, 2.75) is 12.5 Å². The first-order valence-electron chi connectivity index (χ1n) is 6.80. The van der Waals surface area contributed by atoms with Gasteiger partial charge in [-0.25, -0.2) is 0 Å². The van der Waals surface area contributed by atoms with Crippen molar-refractivity contribution in [1.29, 1.82) is 0 Å². The van der Waals surface area contributed by atoms with Crippen LogP contribution >= 0.6 is 11.6 Å². The Bertz CT molecular complexity index is 473. The van der Waals surface area contributed by atoms with E-state index in [4.69, 9.17) is 16.3 Å². The number of phenolic OH excluding ortho intramolecular Hbond substituents is 1. The van der Waals surface area contributed by atoms with Crippen molar-refractivity contribution in [2.75, 3.05) is 33.3 Å². The molecule has 0 aromatic heterocycles. The van der Waals surface area contributed by atoms with Gasteiger partial charge in [0.2, 0.25) is 0 Å². The molecule has 0 spiro atoms. The maximum absolute atomic E-state index is 10.3. The first-order valence-corrected chi connectivity index (χ1v) is 7.17. The number of aromatic hydroxyl groups is 1. The fourth-order valence-corrected chi connectivity index (χ4v) is 2.83. The third-order valence-electron chi connectivity index (χ3n) is 3.66. The lowest BCUT2D eigenvalue weighted by molar-refractivity contribution is 0.169. The molecule has 0 radical (unpaired) electrons. The van der Waals surface area contributed by atoms with Crippen molar-refractivity contribution in [3.05, 3.63) is 35.4 Å². The minimum Gasteiger partial charge on any atom is -0.506 e. The lowest BCUT2D eigenvalue weighted by atomic mass is 9.99. The zero-order valence-electron chi connectivity index (χ0n) is 11.7. The molecular weight excluding hydrogens is 276 g/mol. The number of halogens is 1. The Balaban J connectivity index is 2.41. The van der Waals surface area contributed by atoms with Crippen LogP contribution in [0.3, 0.4) is 0 Å². The van der Waals surface area contributed by atoms with Crippen LogP contribution in [0.25, 0.3) is 0 Å². The van der Waals surface area contributed by atoms with E-state index in [1.54, 1.807) is 19.2 Å². The molecule has 1 atom stereocenters. The molecule has 0 aliphatic carbocycles. The van der Waals surface area contributed by atoms with Gasteiger partial charge in [0.05, 0.1) is 17.7 Å². The largest absolute Gasteiger partial charge is 0.506 e. The van der Waals surface area contributed by atoms with Gasteiger partial charge in [0.25, 0.3) is 0 Å². The molecule has 110 valence electrons. The first kappa shape index (κ1) is 15.2. The van der Waals surface area contributed by atoms with Gasteiger partial charge in [-0.15, -0.1) is 6.58 Å². The molecule has 0 amide bonds. The zero-order chi connectivity index (χ0) is 14.5. The number of rotatable bonds is 5. The summed E-state index contributed by atoms with van der Waals surface area (Å²) in [5.41, 5.74) is 0.752. The van der Waals surface area contributed by atoms with Gasteiger partial charge in [0.1, 0.15) is 11.5 Å². The van der Waals surface area contributed by atoms with Gasteiger partial charge in [-0.05, 0) is 18.6 Å². The molecule has 0 saturated carbocycles. The lowest BCUT2D eigenvalue weighted by Gasteiger charge is -2.35. The van der Waals surface area contributed by atoms with E-state index in [-0.39, 0.29) is 11.8 Å². The van der Waals surface area contributed by atoms with Gasteiger partial charge in [-0.2, -0.15) is 0 Å². The number of nitrogens with one attached hydrogen (secondary N) is 1. The molecular formula is C15H21ClN2O2. The first-order chi connectivity index (χ1) is 9.69. The van der Waals surface area contributed by atoms with Gasteiger partial charge < -0.3 is 15.2 Å². The summed E-state index contributed by atoms with van der Waals surface area (Å²) in [5.74, 6) is 0.772. The monoisotopic (exact) mass is 296 g/mol. The Labute approximate surface area is 125 Å². The second-order valence-corrected chi connectivity index (χ2v) is 5.25. The fourth-order valence-electron chi connectivity index (χ4n) is 2.66. The van der Waals surface area contributed by atoms with Crippen molar-refractivity contribution in [2.24, 2.45) is 0 Å². The van der Waals surface area contributed by atoms with E-state index >= 15 is 0 Å². The van der Waals surface area contributed by atoms with Gasteiger partial charge in [0, 0.05) is 32.2 Å². The van der Waals surface area contributed by atoms with E-state index in [0.29, 0.717) is 10.8 Å². The Hall–Kier alpha value is -1.23. The van der Waals surface area contributed by atoms with Crippen molar-refractivity contribution in [3.8, 4) is 11.5 Å². The number of ether oxygens (including phenoxy) is 1. The molecule has 1 aromatic carbocycles.